The third-order valence-electron chi connectivity index (χ3n) is 4.14. The quantitative estimate of drug-likeness (QED) is 0.674. The molecule has 7 heteroatoms. The summed E-state index contributed by atoms with van der Waals surface area (Å²) in [5.41, 5.74) is 0.908. The lowest BCUT2D eigenvalue weighted by atomic mass is 10.1. The van der Waals surface area contributed by atoms with Crippen LogP contribution in [0.2, 0.25) is 0 Å². The van der Waals surface area contributed by atoms with Crippen molar-refractivity contribution in [2.45, 2.75) is 12.3 Å². The van der Waals surface area contributed by atoms with Gasteiger partial charge in [-0.15, -0.1) is 11.3 Å². The Hall–Kier alpha value is -2.80. The number of aromatic nitrogens is 3. The van der Waals surface area contributed by atoms with Crippen LogP contribution in [0.5, 0.6) is 0 Å². The maximum Gasteiger partial charge on any atom is 0.267 e. The van der Waals surface area contributed by atoms with E-state index in [1.54, 1.807) is 35.9 Å². The maximum absolute atomic E-state index is 12.3. The van der Waals surface area contributed by atoms with Gasteiger partial charge in [-0.3, -0.25) is 9.78 Å². The summed E-state index contributed by atoms with van der Waals surface area (Å²) in [6.07, 6.45) is 7.65. The highest BCUT2D eigenvalue weighted by Crippen LogP contribution is 2.29. The molecule has 4 heterocycles. The van der Waals surface area contributed by atoms with Crippen LogP contribution >= 0.6 is 11.3 Å². The fourth-order valence-electron chi connectivity index (χ4n) is 2.82. The van der Waals surface area contributed by atoms with Crippen molar-refractivity contribution in [2.24, 2.45) is 0 Å². The molecule has 0 aliphatic carbocycles. The van der Waals surface area contributed by atoms with Gasteiger partial charge in [0.05, 0.1) is 4.88 Å². The topological polar surface area (TPSA) is 72.1 Å². The zero-order chi connectivity index (χ0) is 17.1. The summed E-state index contributed by atoms with van der Waals surface area (Å²) in [4.78, 5) is 23.6. The van der Waals surface area contributed by atoms with Crippen molar-refractivity contribution in [3.63, 3.8) is 0 Å². The lowest BCUT2D eigenvalue weighted by Crippen LogP contribution is -2.26. The van der Waals surface area contributed by atoms with Crippen LogP contribution < -0.4 is 0 Å². The Morgan fingerprint density at radius 3 is 3.12 bits per heavy atom. The molecule has 1 fully saturated rings. The number of nitrogens with zero attached hydrogens (tertiary/aromatic N) is 4. The second-order valence-electron chi connectivity index (χ2n) is 5.82. The van der Waals surface area contributed by atoms with Gasteiger partial charge in [0, 0.05) is 37.5 Å². The van der Waals surface area contributed by atoms with Crippen molar-refractivity contribution in [3.05, 3.63) is 59.5 Å². The lowest BCUT2D eigenvalue weighted by molar-refractivity contribution is -0.124. The van der Waals surface area contributed by atoms with Gasteiger partial charge in [0.15, 0.2) is 5.82 Å². The number of amides is 1. The van der Waals surface area contributed by atoms with E-state index in [1.807, 2.05) is 34.5 Å². The van der Waals surface area contributed by atoms with Crippen LogP contribution in [-0.4, -0.2) is 39.0 Å². The van der Waals surface area contributed by atoms with Crippen molar-refractivity contribution in [3.8, 4) is 10.8 Å². The summed E-state index contributed by atoms with van der Waals surface area (Å²) in [5.74, 6) is 1.34. The lowest BCUT2D eigenvalue weighted by Gasteiger charge is -2.12. The SMILES string of the molecule is O=C(/C=C\c1cccnc1)N1CC[C@@H](c2noc(-c3cccs3)n2)C1. The number of carbonyl (C=O) groups excluding carboxylic acids is 1. The van der Waals surface area contributed by atoms with Gasteiger partial charge in [0.1, 0.15) is 0 Å². The minimum Gasteiger partial charge on any atom is -0.338 e. The van der Waals surface area contributed by atoms with Gasteiger partial charge < -0.3 is 9.42 Å². The Labute approximate surface area is 148 Å². The zero-order valence-electron chi connectivity index (χ0n) is 13.4. The summed E-state index contributed by atoms with van der Waals surface area (Å²) < 4.78 is 5.35. The molecule has 1 saturated heterocycles. The Morgan fingerprint density at radius 1 is 1.36 bits per heavy atom. The average Bonchev–Trinajstić information content (AvgIpc) is 3.40. The van der Waals surface area contributed by atoms with E-state index in [0.717, 1.165) is 16.9 Å². The number of carbonyl (C=O) groups is 1. The van der Waals surface area contributed by atoms with E-state index in [9.17, 15) is 4.79 Å². The molecule has 0 radical (unpaired) electrons. The summed E-state index contributed by atoms with van der Waals surface area (Å²) in [5, 5.41) is 6.07. The summed E-state index contributed by atoms with van der Waals surface area (Å²) >= 11 is 1.57. The summed E-state index contributed by atoms with van der Waals surface area (Å²) in [7, 11) is 0. The number of thiophene rings is 1. The first kappa shape index (κ1) is 15.7. The monoisotopic (exact) mass is 352 g/mol. The van der Waals surface area contributed by atoms with Crippen molar-refractivity contribution in [2.75, 3.05) is 13.1 Å². The Balaban J connectivity index is 1.40. The first-order valence-electron chi connectivity index (χ1n) is 8.04. The molecule has 3 aromatic heterocycles. The second-order valence-corrected chi connectivity index (χ2v) is 6.77. The van der Waals surface area contributed by atoms with Gasteiger partial charge in [-0.25, -0.2) is 0 Å². The number of likely N-dealkylation sites (tertiary alicyclic amines) is 1. The van der Waals surface area contributed by atoms with E-state index in [0.29, 0.717) is 24.8 Å². The van der Waals surface area contributed by atoms with Gasteiger partial charge in [-0.05, 0) is 35.6 Å². The molecule has 6 nitrogen and oxygen atoms in total. The van der Waals surface area contributed by atoms with Crippen LogP contribution in [0.3, 0.4) is 0 Å². The molecule has 25 heavy (non-hydrogen) atoms. The van der Waals surface area contributed by atoms with Gasteiger partial charge in [-0.1, -0.05) is 17.3 Å². The van der Waals surface area contributed by atoms with Crippen LogP contribution in [0, 0.1) is 0 Å². The molecule has 0 saturated carbocycles. The Kier molecular flexibility index (Phi) is 4.39. The van der Waals surface area contributed by atoms with Crippen molar-refractivity contribution >= 4 is 23.3 Å². The van der Waals surface area contributed by atoms with Crippen molar-refractivity contribution in [1.82, 2.24) is 20.0 Å². The number of hydrogen-bond acceptors (Lipinski definition) is 6. The average molecular weight is 352 g/mol. The molecular formula is C18H16N4O2S. The predicted octanol–water partition coefficient (Wildman–Crippen LogP) is 3.22. The molecule has 0 bridgehead atoms. The summed E-state index contributed by atoms with van der Waals surface area (Å²) in [6, 6.07) is 7.66. The van der Waals surface area contributed by atoms with Gasteiger partial charge >= 0.3 is 0 Å². The molecule has 1 aliphatic heterocycles. The third kappa shape index (κ3) is 3.51. The standard InChI is InChI=1S/C18H16N4O2S/c23-16(6-5-13-3-1-8-19-11-13)22-9-7-14(12-22)17-20-18(24-21-17)15-4-2-10-25-15/h1-6,8,10-11,14H,7,9,12H2/b6-5-/t14-/m1/s1. The molecule has 0 aromatic carbocycles. The van der Waals surface area contributed by atoms with E-state index < -0.39 is 0 Å². The van der Waals surface area contributed by atoms with E-state index in [-0.39, 0.29) is 11.8 Å². The molecule has 1 amide bonds. The van der Waals surface area contributed by atoms with Crippen LogP contribution in [0.1, 0.15) is 23.7 Å². The molecule has 0 unspecified atom stereocenters. The molecule has 3 aromatic rings. The molecular weight excluding hydrogens is 336 g/mol. The van der Waals surface area contributed by atoms with Gasteiger partial charge in [0.2, 0.25) is 5.91 Å². The second kappa shape index (κ2) is 6.98. The van der Waals surface area contributed by atoms with Crippen LogP contribution in [0.4, 0.5) is 0 Å². The van der Waals surface area contributed by atoms with Crippen molar-refractivity contribution < 1.29 is 9.32 Å². The van der Waals surface area contributed by atoms with E-state index in [4.69, 9.17) is 4.52 Å². The smallest absolute Gasteiger partial charge is 0.267 e. The molecule has 1 atom stereocenters. The van der Waals surface area contributed by atoms with Gasteiger partial charge in [0.25, 0.3) is 5.89 Å². The first-order valence-corrected chi connectivity index (χ1v) is 8.92. The number of pyridine rings is 1. The van der Waals surface area contributed by atoms with Crippen molar-refractivity contribution in [1.29, 1.82) is 0 Å². The largest absolute Gasteiger partial charge is 0.338 e. The predicted molar refractivity (Wildman–Crippen MR) is 94.8 cm³/mol. The van der Waals surface area contributed by atoms with E-state index >= 15 is 0 Å². The highest BCUT2D eigenvalue weighted by Gasteiger charge is 2.29. The molecule has 1 aliphatic rings. The Morgan fingerprint density at radius 2 is 2.32 bits per heavy atom. The molecule has 4 rings (SSSR count). The molecule has 126 valence electrons. The molecule has 0 spiro atoms. The summed E-state index contributed by atoms with van der Waals surface area (Å²) in [6.45, 7) is 1.31. The fraction of sp³-hybridized carbons (Fsp3) is 0.222. The third-order valence-corrected chi connectivity index (χ3v) is 5.00. The van der Waals surface area contributed by atoms with Crippen LogP contribution in [-0.2, 0) is 4.79 Å². The molecule has 0 N–H and O–H groups in total. The van der Waals surface area contributed by atoms with E-state index in [2.05, 4.69) is 15.1 Å². The van der Waals surface area contributed by atoms with Crippen LogP contribution in [0.25, 0.3) is 16.8 Å². The Bertz CT molecular complexity index is 874. The number of rotatable bonds is 4. The minimum absolute atomic E-state index is 0.00618. The first-order chi connectivity index (χ1) is 12.3. The maximum atomic E-state index is 12.3. The zero-order valence-corrected chi connectivity index (χ0v) is 14.2. The number of hydrogen-bond donors (Lipinski definition) is 0. The normalized spacial score (nSPS) is 17.4. The van der Waals surface area contributed by atoms with Crippen LogP contribution in [0.15, 0.2) is 52.6 Å². The minimum atomic E-state index is -0.00618. The highest BCUT2D eigenvalue weighted by molar-refractivity contribution is 7.13. The highest BCUT2D eigenvalue weighted by atomic mass is 32.1. The van der Waals surface area contributed by atoms with Gasteiger partial charge in [-0.2, -0.15) is 4.98 Å². The fourth-order valence-corrected chi connectivity index (χ4v) is 3.46. The van der Waals surface area contributed by atoms with E-state index in [1.165, 1.54) is 0 Å².